The number of esters is 1. The van der Waals surface area contributed by atoms with Crippen LogP contribution < -0.4 is 5.32 Å². The van der Waals surface area contributed by atoms with E-state index in [9.17, 15) is 14.4 Å². The van der Waals surface area contributed by atoms with Gasteiger partial charge in [-0.25, -0.2) is 4.79 Å². The number of ether oxygens (including phenoxy) is 1. The zero-order valence-electron chi connectivity index (χ0n) is 11.8. The van der Waals surface area contributed by atoms with Crippen molar-refractivity contribution in [3.63, 3.8) is 0 Å². The van der Waals surface area contributed by atoms with E-state index in [0.717, 1.165) is 0 Å². The van der Waals surface area contributed by atoms with Crippen molar-refractivity contribution in [3.8, 4) is 0 Å². The number of likely N-dealkylation sites (N-methyl/N-ethyl adjacent to an activating group) is 1. The topological polar surface area (TPSA) is 75.7 Å². The highest BCUT2D eigenvalue weighted by atomic mass is 16.5. The van der Waals surface area contributed by atoms with Crippen LogP contribution >= 0.6 is 0 Å². The summed E-state index contributed by atoms with van der Waals surface area (Å²) < 4.78 is 4.82. The third kappa shape index (κ3) is 4.72. The lowest BCUT2D eigenvalue weighted by Gasteiger charge is -2.14. The first-order valence-electron chi connectivity index (χ1n) is 6.14. The van der Waals surface area contributed by atoms with Crippen LogP contribution in [0, 0.1) is 0 Å². The number of amides is 2. The van der Waals surface area contributed by atoms with Gasteiger partial charge in [-0.3, -0.25) is 9.59 Å². The van der Waals surface area contributed by atoms with Gasteiger partial charge in [-0.1, -0.05) is 18.2 Å². The third-order valence-corrected chi connectivity index (χ3v) is 2.57. The zero-order valence-corrected chi connectivity index (χ0v) is 11.8. The fourth-order valence-corrected chi connectivity index (χ4v) is 1.32. The molecule has 1 rings (SSSR count). The second-order valence-corrected chi connectivity index (χ2v) is 4.46. The lowest BCUT2D eigenvalue weighted by atomic mass is 10.2. The molecule has 0 aromatic heterocycles. The van der Waals surface area contributed by atoms with Gasteiger partial charge in [-0.15, -0.1) is 0 Å². The van der Waals surface area contributed by atoms with Gasteiger partial charge in [0.05, 0.1) is 0 Å². The number of carbonyl (C=O) groups is 3. The van der Waals surface area contributed by atoms with Gasteiger partial charge < -0.3 is 15.0 Å². The molecule has 0 unspecified atom stereocenters. The van der Waals surface area contributed by atoms with Crippen molar-refractivity contribution in [1.29, 1.82) is 0 Å². The Labute approximate surface area is 117 Å². The van der Waals surface area contributed by atoms with Gasteiger partial charge in [0.25, 0.3) is 11.8 Å². The van der Waals surface area contributed by atoms with Crippen molar-refractivity contribution in [1.82, 2.24) is 10.2 Å². The molecule has 20 heavy (non-hydrogen) atoms. The van der Waals surface area contributed by atoms with Gasteiger partial charge in [-0.05, 0) is 19.1 Å². The minimum atomic E-state index is -0.822. The van der Waals surface area contributed by atoms with Crippen LogP contribution in [-0.4, -0.2) is 49.4 Å². The fourth-order valence-electron chi connectivity index (χ4n) is 1.32. The Hall–Kier alpha value is -2.37. The largest absolute Gasteiger partial charge is 0.454 e. The Balaban J connectivity index is 2.46. The summed E-state index contributed by atoms with van der Waals surface area (Å²) in [5.74, 6) is -1.33. The molecule has 0 saturated carbocycles. The Morgan fingerprint density at radius 3 is 2.35 bits per heavy atom. The molecule has 1 N–H and O–H groups in total. The molecular weight excluding hydrogens is 260 g/mol. The summed E-state index contributed by atoms with van der Waals surface area (Å²) in [6, 6.07) is 7.71. The molecule has 0 saturated heterocycles. The summed E-state index contributed by atoms with van der Waals surface area (Å²) in [6.07, 6.45) is 0. The van der Waals surface area contributed by atoms with Gasteiger partial charge in [0, 0.05) is 19.7 Å². The van der Waals surface area contributed by atoms with Crippen LogP contribution in [0.25, 0.3) is 0 Å². The van der Waals surface area contributed by atoms with Gasteiger partial charge in [0.1, 0.15) is 6.04 Å². The second kappa shape index (κ2) is 7.28. The lowest BCUT2D eigenvalue weighted by Crippen LogP contribution is -2.40. The Morgan fingerprint density at radius 1 is 1.20 bits per heavy atom. The van der Waals surface area contributed by atoms with Crippen molar-refractivity contribution >= 4 is 17.8 Å². The first-order valence-corrected chi connectivity index (χ1v) is 6.14. The number of nitrogens with one attached hydrogen (secondary N) is 1. The smallest absolute Gasteiger partial charge is 0.328 e. The van der Waals surface area contributed by atoms with Crippen LogP contribution in [0.5, 0.6) is 0 Å². The highest BCUT2D eigenvalue weighted by molar-refractivity contribution is 5.96. The first-order chi connectivity index (χ1) is 9.41. The third-order valence-electron chi connectivity index (χ3n) is 2.57. The van der Waals surface area contributed by atoms with E-state index in [1.165, 1.54) is 11.8 Å². The first kappa shape index (κ1) is 15.7. The molecule has 0 heterocycles. The molecule has 0 spiro atoms. The molecule has 1 aromatic carbocycles. The van der Waals surface area contributed by atoms with E-state index in [2.05, 4.69) is 5.32 Å². The van der Waals surface area contributed by atoms with E-state index in [1.54, 1.807) is 44.4 Å². The molecule has 0 bridgehead atoms. The Morgan fingerprint density at radius 2 is 1.80 bits per heavy atom. The summed E-state index contributed by atoms with van der Waals surface area (Å²) in [5, 5.41) is 2.51. The van der Waals surface area contributed by atoms with Crippen LogP contribution in [0.1, 0.15) is 17.3 Å². The molecule has 0 aliphatic rings. The molecule has 0 fully saturated rings. The minimum Gasteiger partial charge on any atom is -0.454 e. The average Bonchev–Trinajstić information content (AvgIpc) is 2.44. The number of rotatable bonds is 5. The molecule has 0 radical (unpaired) electrons. The summed E-state index contributed by atoms with van der Waals surface area (Å²) >= 11 is 0. The standard InChI is InChI=1S/C14H18N2O4/c1-10(14(19)20-9-12(17)16(2)3)15-13(18)11-7-5-4-6-8-11/h4-8,10H,9H2,1-3H3,(H,15,18)/t10-/m0/s1. The van der Waals surface area contributed by atoms with Crippen LogP contribution in [0.3, 0.4) is 0 Å². The minimum absolute atomic E-state index is 0.320. The van der Waals surface area contributed by atoms with Gasteiger partial charge in [0.2, 0.25) is 0 Å². The molecule has 1 atom stereocenters. The molecule has 0 aliphatic heterocycles. The molecular formula is C14H18N2O4. The SMILES string of the molecule is C[C@H](NC(=O)c1ccccc1)C(=O)OCC(=O)N(C)C. The maximum absolute atomic E-state index is 11.8. The Kier molecular flexibility index (Phi) is 5.71. The molecule has 6 heteroatoms. The van der Waals surface area contributed by atoms with Crippen LogP contribution in [0.2, 0.25) is 0 Å². The Bertz CT molecular complexity index is 485. The number of hydrogen-bond donors (Lipinski definition) is 1. The second-order valence-electron chi connectivity index (χ2n) is 4.46. The predicted octanol–water partition coefficient (Wildman–Crippen LogP) is 0.436. The number of nitrogens with zero attached hydrogens (tertiary/aromatic N) is 1. The van der Waals surface area contributed by atoms with E-state index >= 15 is 0 Å². The van der Waals surface area contributed by atoms with Crippen LogP contribution in [0.4, 0.5) is 0 Å². The van der Waals surface area contributed by atoms with Crippen molar-refractivity contribution < 1.29 is 19.1 Å². The van der Waals surface area contributed by atoms with Crippen molar-refractivity contribution in [2.24, 2.45) is 0 Å². The zero-order chi connectivity index (χ0) is 15.1. The summed E-state index contributed by atoms with van der Waals surface area (Å²) in [7, 11) is 3.13. The number of hydrogen-bond acceptors (Lipinski definition) is 4. The van der Waals surface area contributed by atoms with Crippen molar-refractivity contribution in [3.05, 3.63) is 35.9 Å². The van der Waals surface area contributed by atoms with Crippen LogP contribution in [0.15, 0.2) is 30.3 Å². The van der Waals surface area contributed by atoms with Crippen molar-refractivity contribution in [2.75, 3.05) is 20.7 Å². The fraction of sp³-hybridized carbons (Fsp3) is 0.357. The number of carbonyl (C=O) groups excluding carboxylic acids is 3. The summed E-state index contributed by atoms with van der Waals surface area (Å²) in [6.45, 7) is 1.17. The van der Waals surface area contributed by atoms with E-state index in [1.807, 2.05) is 0 Å². The molecule has 108 valence electrons. The average molecular weight is 278 g/mol. The molecule has 6 nitrogen and oxygen atoms in total. The monoisotopic (exact) mass is 278 g/mol. The molecule has 1 aromatic rings. The van der Waals surface area contributed by atoms with E-state index < -0.39 is 12.0 Å². The highest BCUT2D eigenvalue weighted by Crippen LogP contribution is 1.99. The normalized spacial score (nSPS) is 11.3. The summed E-state index contributed by atoms with van der Waals surface area (Å²) in [5.41, 5.74) is 0.455. The summed E-state index contributed by atoms with van der Waals surface area (Å²) in [4.78, 5) is 36.0. The van der Waals surface area contributed by atoms with Crippen LogP contribution in [-0.2, 0) is 14.3 Å². The van der Waals surface area contributed by atoms with E-state index in [0.29, 0.717) is 5.56 Å². The number of benzene rings is 1. The van der Waals surface area contributed by atoms with E-state index in [-0.39, 0.29) is 18.4 Å². The highest BCUT2D eigenvalue weighted by Gasteiger charge is 2.19. The lowest BCUT2D eigenvalue weighted by molar-refractivity contribution is -0.152. The predicted molar refractivity (Wildman–Crippen MR) is 73.0 cm³/mol. The quantitative estimate of drug-likeness (QED) is 0.793. The molecule has 2 amide bonds. The van der Waals surface area contributed by atoms with E-state index in [4.69, 9.17) is 4.74 Å². The maximum Gasteiger partial charge on any atom is 0.328 e. The van der Waals surface area contributed by atoms with Crippen molar-refractivity contribution in [2.45, 2.75) is 13.0 Å². The molecule has 0 aliphatic carbocycles. The van der Waals surface area contributed by atoms with Gasteiger partial charge in [-0.2, -0.15) is 0 Å². The van der Waals surface area contributed by atoms with Gasteiger partial charge >= 0.3 is 5.97 Å². The maximum atomic E-state index is 11.8. The van der Waals surface area contributed by atoms with Gasteiger partial charge in [0.15, 0.2) is 6.61 Å².